The van der Waals surface area contributed by atoms with Crippen LogP contribution in [0.15, 0.2) is 0 Å². The monoisotopic (exact) mass is 1390 g/mol. The van der Waals surface area contributed by atoms with Crippen LogP contribution in [0, 0.1) is 94.7 Å². The van der Waals surface area contributed by atoms with E-state index in [0.717, 1.165) is 117 Å². The van der Waals surface area contributed by atoms with Crippen LogP contribution in [0.1, 0.15) is 103 Å². The van der Waals surface area contributed by atoms with Crippen molar-refractivity contribution in [1.82, 2.24) is 0 Å². The standard InChI is InChI=1S/C64H128O8Si13/c1-73(2)65-77(9,10)45-33-49-41-25-57(53(49)37-45)61(29-41)81(17,18)69-85(70-82(19,20)62-30-42-26-58(62)54-38-46(34-50(42)54)78(11,12)66-74(3)4,71-83(21,22)63-31-43-27-59(63)55-39-47(35-51(43)55)79(13,14)67-75(5)6)72-84(23,24)64-32-44-28-60(64)56-40-48(36-52(44)56)80(15,16)68-76(7)8/h41-64H,25-40H2,1-24H3. The first-order valence-corrected chi connectivity index (χ1v) is 71.1. The minimum Gasteiger partial charge on any atom is -0.456 e. The number of fused-ring (bicyclic) bond motifs is 20. The first-order valence-electron chi connectivity index (χ1n) is 36.0. The van der Waals surface area contributed by atoms with Crippen LogP contribution >= 0.6 is 0 Å². The van der Waals surface area contributed by atoms with Gasteiger partial charge in [-0.25, -0.2) is 0 Å². The highest BCUT2D eigenvalue weighted by atomic mass is 28.5. The van der Waals surface area contributed by atoms with Crippen LogP contribution in [0.2, 0.25) is 201 Å². The van der Waals surface area contributed by atoms with E-state index in [2.05, 4.69) is 157 Å². The normalized spacial score (nSPS) is 43.9. The molecule has 0 aliphatic heterocycles. The Morgan fingerprint density at radius 3 is 0.565 bits per heavy atom. The zero-order chi connectivity index (χ0) is 61.6. The van der Waals surface area contributed by atoms with Gasteiger partial charge in [-0.2, -0.15) is 0 Å². The molecule has 24 unspecified atom stereocenters. The first-order chi connectivity index (χ1) is 39.2. The van der Waals surface area contributed by atoms with E-state index >= 15 is 0 Å². The Labute approximate surface area is 539 Å². The van der Waals surface area contributed by atoms with Crippen molar-refractivity contribution in [2.24, 2.45) is 94.7 Å². The predicted molar refractivity (Wildman–Crippen MR) is 384 cm³/mol. The van der Waals surface area contributed by atoms with Gasteiger partial charge in [0.15, 0.2) is 103 Å². The number of rotatable bonds is 24. The van der Waals surface area contributed by atoms with Crippen molar-refractivity contribution in [2.45, 2.75) is 304 Å². The smallest absolute Gasteiger partial charge is 0.456 e. The van der Waals surface area contributed by atoms with E-state index in [9.17, 15) is 0 Å². The van der Waals surface area contributed by atoms with Gasteiger partial charge in [0.2, 0.25) is 0 Å². The summed E-state index contributed by atoms with van der Waals surface area (Å²) in [6.45, 7) is 61.3. The van der Waals surface area contributed by atoms with Crippen molar-refractivity contribution < 1.29 is 32.9 Å². The molecule has 4 radical (unpaired) electrons. The highest BCUT2D eigenvalue weighted by Gasteiger charge is 2.72. The number of hydrogen-bond donors (Lipinski definition) is 0. The Bertz CT molecular complexity index is 2100. The summed E-state index contributed by atoms with van der Waals surface area (Å²) in [5.41, 5.74) is 5.70. The van der Waals surface area contributed by atoms with Gasteiger partial charge in [0.25, 0.3) is 0 Å². The topological polar surface area (TPSA) is 73.8 Å². The van der Waals surface area contributed by atoms with E-state index < -0.39 is 112 Å². The minimum atomic E-state index is -3.89. The molecule has 24 atom stereocenters. The van der Waals surface area contributed by atoms with Crippen LogP contribution in [0.3, 0.4) is 0 Å². The largest absolute Gasteiger partial charge is 0.637 e. The predicted octanol–water partition coefficient (Wildman–Crippen LogP) is 19.4. The minimum absolute atomic E-state index is 0.631. The summed E-state index contributed by atoms with van der Waals surface area (Å²) in [7, 11) is -24.2. The summed E-state index contributed by atoms with van der Waals surface area (Å²) in [5.74, 6) is 13.3. The van der Waals surface area contributed by atoms with Crippen molar-refractivity contribution in [3.8, 4) is 0 Å². The van der Waals surface area contributed by atoms with E-state index in [1.54, 1.807) is 0 Å². The molecule has 0 aromatic rings. The quantitative estimate of drug-likeness (QED) is 0.0885. The molecule has 0 aromatic carbocycles. The van der Waals surface area contributed by atoms with E-state index in [1.165, 1.54) is 103 Å². The molecule has 12 aliphatic carbocycles. The number of hydrogen-bond acceptors (Lipinski definition) is 8. The Kier molecular flexibility index (Phi) is 18.6. The molecule has 8 bridgehead atoms. The highest BCUT2D eigenvalue weighted by molar-refractivity contribution is 6.93. The van der Waals surface area contributed by atoms with Gasteiger partial charge >= 0.3 is 9.05 Å². The van der Waals surface area contributed by atoms with Crippen LogP contribution in [-0.4, -0.2) is 112 Å². The lowest BCUT2D eigenvalue weighted by molar-refractivity contribution is 0.123. The molecule has 0 saturated heterocycles. The molecular formula is C64H128O8Si13. The van der Waals surface area contributed by atoms with Crippen molar-refractivity contribution >= 4 is 112 Å². The van der Waals surface area contributed by atoms with E-state index in [4.69, 9.17) is 32.9 Å². The maximum atomic E-state index is 8.82. The molecule has 12 rings (SSSR count). The average Bonchev–Trinajstić information content (AvgIpc) is 1.95. The fourth-order valence-corrected chi connectivity index (χ4v) is 77.2. The second-order valence-corrected chi connectivity index (χ2v) is 84.5. The van der Waals surface area contributed by atoms with Gasteiger partial charge in [-0.15, -0.1) is 0 Å². The summed E-state index contributed by atoms with van der Waals surface area (Å²) in [5, 5.41) is 0. The Hall–Kier alpha value is 2.50. The van der Waals surface area contributed by atoms with Crippen LogP contribution in [-0.2, 0) is 32.9 Å². The Morgan fingerprint density at radius 1 is 0.212 bits per heavy atom. The first kappa shape index (κ1) is 67.5. The molecule has 21 heteroatoms. The summed E-state index contributed by atoms with van der Waals surface area (Å²) < 4.78 is 63.3. The second-order valence-electron chi connectivity index (χ2n) is 37.8. The lowest BCUT2D eigenvalue weighted by atomic mass is 9.81. The van der Waals surface area contributed by atoms with Gasteiger partial charge < -0.3 is 32.9 Å². The van der Waals surface area contributed by atoms with Crippen LogP contribution in [0.4, 0.5) is 0 Å². The molecule has 0 spiro atoms. The van der Waals surface area contributed by atoms with E-state index in [1.807, 2.05) is 0 Å². The molecule has 12 fully saturated rings. The van der Waals surface area contributed by atoms with Gasteiger partial charge in [-0.05, 0) is 399 Å². The highest BCUT2D eigenvalue weighted by Crippen LogP contribution is 2.73. The fraction of sp³-hybridized carbons (Fsp3) is 1.00. The lowest BCUT2D eigenvalue weighted by Crippen LogP contribution is -2.69. The van der Waals surface area contributed by atoms with Crippen LogP contribution < -0.4 is 0 Å². The fourth-order valence-electron chi connectivity index (χ4n) is 25.9. The molecule has 12 saturated carbocycles. The van der Waals surface area contributed by atoms with Crippen molar-refractivity contribution in [3.63, 3.8) is 0 Å². The maximum absolute atomic E-state index is 8.82. The average molecular weight is 1390 g/mol. The van der Waals surface area contributed by atoms with Crippen molar-refractivity contribution in [1.29, 1.82) is 0 Å². The van der Waals surface area contributed by atoms with Gasteiger partial charge in [0.05, 0.1) is 0 Å². The second kappa shape index (κ2) is 23.4. The van der Waals surface area contributed by atoms with Gasteiger partial charge in [0, 0.05) is 0 Å². The third kappa shape index (κ3) is 12.5. The van der Waals surface area contributed by atoms with Crippen molar-refractivity contribution in [3.05, 3.63) is 0 Å². The summed E-state index contributed by atoms with van der Waals surface area (Å²) in [6.07, 6.45) is 22.5. The summed E-state index contributed by atoms with van der Waals surface area (Å²) in [4.78, 5) is 0. The van der Waals surface area contributed by atoms with Gasteiger partial charge in [0.1, 0.15) is 0 Å². The molecule has 8 nitrogen and oxygen atoms in total. The maximum Gasteiger partial charge on any atom is 0.637 e. The van der Waals surface area contributed by atoms with Gasteiger partial charge in [-0.1, -0.05) is 0 Å². The molecule has 0 amide bonds. The molecule has 85 heavy (non-hydrogen) atoms. The summed E-state index contributed by atoms with van der Waals surface area (Å²) >= 11 is 0. The van der Waals surface area contributed by atoms with E-state index in [-0.39, 0.29) is 0 Å². The third-order valence-electron chi connectivity index (χ3n) is 28.8. The zero-order valence-corrected chi connectivity index (χ0v) is 71.9. The third-order valence-corrected chi connectivity index (χ3v) is 75.7. The van der Waals surface area contributed by atoms with E-state index in [0.29, 0.717) is 22.2 Å². The Balaban J connectivity index is 0.899. The lowest BCUT2D eigenvalue weighted by Gasteiger charge is -2.53. The van der Waals surface area contributed by atoms with Crippen LogP contribution in [0.5, 0.6) is 0 Å². The van der Waals surface area contributed by atoms with Gasteiger partial charge in [-0.3, -0.25) is 0 Å². The molecule has 0 aromatic heterocycles. The van der Waals surface area contributed by atoms with Crippen LogP contribution in [0.25, 0.3) is 0 Å². The molecular weight excluding hydrogens is 1260 g/mol. The molecule has 0 heterocycles. The zero-order valence-electron chi connectivity index (χ0n) is 58.9. The Morgan fingerprint density at radius 2 is 0.388 bits per heavy atom. The summed E-state index contributed by atoms with van der Waals surface area (Å²) in [6, 6.07) is 0. The molecule has 0 N–H and O–H groups in total. The molecule has 484 valence electrons. The van der Waals surface area contributed by atoms with Crippen molar-refractivity contribution in [2.75, 3.05) is 0 Å². The molecule has 12 aliphatic rings. The SMILES string of the molecule is C[Si](C)O[Si](C)(C)C1CC2C3CC(C2C1)C([Si](C)(C)O[Si](O[Si](C)(C)C1CC2CC1C1CC([Si](C)(C)O[Si](C)C)CC21)(O[Si](C)(C)C1CC2CC1C1CC([Si](C)(C)O[Si](C)C)CC21)O[Si](C)(C)C1CC2CC1C1CC([Si](C)(C)O[Si](C)C)CC21)C3.